The number of nitrogens with zero attached hydrogens (tertiary/aromatic N) is 1. The van der Waals surface area contributed by atoms with Gasteiger partial charge in [-0.2, -0.15) is 0 Å². The molecule has 0 aliphatic carbocycles. The van der Waals surface area contributed by atoms with Crippen LogP contribution < -0.4 is 10.6 Å². The molecule has 0 bridgehead atoms. The molecule has 0 spiro atoms. The Morgan fingerprint density at radius 2 is 2.33 bits per heavy atom. The van der Waals surface area contributed by atoms with Crippen molar-refractivity contribution in [2.24, 2.45) is 5.73 Å². The van der Waals surface area contributed by atoms with Crippen LogP contribution in [0, 0.1) is 5.82 Å². The van der Waals surface area contributed by atoms with Crippen LogP contribution >= 0.6 is 0 Å². The summed E-state index contributed by atoms with van der Waals surface area (Å²) in [6, 6.07) is 5.06. The number of hydrogen-bond acceptors (Lipinski definition) is 3. The lowest BCUT2D eigenvalue weighted by Gasteiger charge is -2.23. The van der Waals surface area contributed by atoms with E-state index in [1.807, 2.05) is 24.9 Å². The summed E-state index contributed by atoms with van der Waals surface area (Å²) >= 11 is 0. The smallest absolute Gasteiger partial charge is 0.146 e. The molecule has 1 aliphatic rings. The Hall–Kier alpha value is -1.13. The summed E-state index contributed by atoms with van der Waals surface area (Å²) in [6.45, 7) is 3.41. The van der Waals surface area contributed by atoms with Crippen LogP contribution in [0.1, 0.15) is 31.4 Å². The lowest BCUT2D eigenvalue weighted by molar-refractivity contribution is 0.116. The second kappa shape index (κ2) is 5.67. The van der Waals surface area contributed by atoms with E-state index in [0.29, 0.717) is 5.69 Å². The Kier molecular flexibility index (Phi) is 4.19. The maximum atomic E-state index is 14.0. The molecule has 0 amide bonds. The maximum absolute atomic E-state index is 14.0. The molecule has 2 rings (SSSR count). The van der Waals surface area contributed by atoms with Gasteiger partial charge >= 0.3 is 0 Å². The zero-order valence-electron chi connectivity index (χ0n) is 11.0. The van der Waals surface area contributed by atoms with E-state index in [0.717, 1.165) is 31.6 Å². The number of halogens is 1. The first-order chi connectivity index (χ1) is 8.58. The van der Waals surface area contributed by atoms with E-state index in [9.17, 15) is 4.39 Å². The van der Waals surface area contributed by atoms with E-state index in [2.05, 4.69) is 0 Å². The van der Waals surface area contributed by atoms with Gasteiger partial charge in [-0.15, -0.1) is 0 Å². The SMILES string of the molecule is CC(N)c1ccc(N(C)CC2CCCO2)c(F)c1. The van der Waals surface area contributed by atoms with Crippen LogP contribution in [0.4, 0.5) is 10.1 Å². The largest absolute Gasteiger partial charge is 0.376 e. The normalized spacial score (nSPS) is 21.0. The van der Waals surface area contributed by atoms with Crippen molar-refractivity contribution < 1.29 is 9.13 Å². The number of benzene rings is 1. The number of ether oxygens (including phenoxy) is 1. The molecule has 3 nitrogen and oxygen atoms in total. The Balaban J connectivity index is 2.07. The van der Waals surface area contributed by atoms with Crippen molar-refractivity contribution in [3.05, 3.63) is 29.6 Å². The molecule has 4 heteroatoms. The van der Waals surface area contributed by atoms with Crippen molar-refractivity contribution in [2.45, 2.75) is 31.9 Å². The Morgan fingerprint density at radius 1 is 1.56 bits per heavy atom. The van der Waals surface area contributed by atoms with Gasteiger partial charge in [-0.25, -0.2) is 4.39 Å². The highest BCUT2D eigenvalue weighted by Gasteiger charge is 2.19. The van der Waals surface area contributed by atoms with E-state index in [-0.39, 0.29) is 18.0 Å². The predicted molar refractivity (Wildman–Crippen MR) is 71.2 cm³/mol. The van der Waals surface area contributed by atoms with Crippen molar-refractivity contribution in [1.82, 2.24) is 0 Å². The van der Waals surface area contributed by atoms with Crippen molar-refractivity contribution in [2.75, 3.05) is 25.1 Å². The zero-order chi connectivity index (χ0) is 13.1. The highest BCUT2D eigenvalue weighted by atomic mass is 19.1. The lowest BCUT2D eigenvalue weighted by Crippen LogP contribution is -2.29. The minimum Gasteiger partial charge on any atom is -0.376 e. The Labute approximate surface area is 108 Å². The molecule has 1 saturated heterocycles. The summed E-state index contributed by atoms with van der Waals surface area (Å²) in [4.78, 5) is 1.91. The lowest BCUT2D eigenvalue weighted by atomic mass is 10.1. The number of anilines is 1. The molecule has 100 valence electrons. The molecule has 2 N–H and O–H groups in total. The number of rotatable bonds is 4. The van der Waals surface area contributed by atoms with Crippen LogP contribution in [-0.4, -0.2) is 26.3 Å². The average Bonchev–Trinajstić information content (AvgIpc) is 2.81. The standard InChI is InChI=1S/C14H21FN2O/c1-10(16)11-5-6-14(13(15)8-11)17(2)9-12-4-3-7-18-12/h5-6,8,10,12H,3-4,7,9,16H2,1-2H3. The van der Waals surface area contributed by atoms with Gasteiger partial charge < -0.3 is 15.4 Å². The van der Waals surface area contributed by atoms with Crippen LogP contribution in [0.5, 0.6) is 0 Å². The highest BCUT2D eigenvalue weighted by molar-refractivity contribution is 5.49. The quantitative estimate of drug-likeness (QED) is 0.894. The van der Waals surface area contributed by atoms with Gasteiger partial charge in [0.1, 0.15) is 5.82 Å². The molecule has 1 aliphatic heterocycles. The summed E-state index contributed by atoms with van der Waals surface area (Å²) in [6.07, 6.45) is 2.39. The molecule has 2 atom stereocenters. The van der Waals surface area contributed by atoms with Crippen LogP contribution in [0.3, 0.4) is 0 Å². The molecule has 0 aromatic heterocycles. The van der Waals surface area contributed by atoms with E-state index >= 15 is 0 Å². The topological polar surface area (TPSA) is 38.5 Å². The van der Waals surface area contributed by atoms with E-state index in [1.165, 1.54) is 6.07 Å². The number of likely N-dealkylation sites (N-methyl/N-ethyl adjacent to an activating group) is 1. The molecule has 1 aromatic rings. The summed E-state index contributed by atoms with van der Waals surface area (Å²) in [5.74, 6) is -0.217. The number of hydrogen-bond donors (Lipinski definition) is 1. The molecule has 2 unspecified atom stereocenters. The van der Waals surface area contributed by atoms with Crippen LogP contribution in [0.2, 0.25) is 0 Å². The minimum atomic E-state index is -0.217. The Morgan fingerprint density at radius 3 is 2.89 bits per heavy atom. The van der Waals surface area contributed by atoms with Crippen molar-refractivity contribution in [3.63, 3.8) is 0 Å². The first-order valence-electron chi connectivity index (χ1n) is 6.45. The predicted octanol–water partition coefficient (Wildman–Crippen LogP) is 2.46. The zero-order valence-corrected chi connectivity index (χ0v) is 11.0. The summed E-state index contributed by atoms with van der Waals surface area (Å²) in [7, 11) is 1.89. The average molecular weight is 252 g/mol. The van der Waals surface area contributed by atoms with Gasteiger partial charge in [-0.1, -0.05) is 6.07 Å². The van der Waals surface area contributed by atoms with Crippen molar-refractivity contribution in [3.8, 4) is 0 Å². The van der Waals surface area contributed by atoms with Gasteiger partial charge in [-0.05, 0) is 37.5 Å². The first kappa shape index (κ1) is 13.3. The highest BCUT2D eigenvalue weighted by Crippen LogP contribution is 2.23. The second-order valence-corrected chi connectivity index (χ2v) is 5.02. The molecule has 18 heavy (non-hydrogen) atoms. The number of nitrogens with two attached hydrogens (primary N) is 1. The minimum absolute atomic E-state index is 0.142. The van der Waals surface area contributed by atoms with E-state index < -0.39 is 0 Å². The van der Waals surface area contributed by atoms with Gasteiger partial charge in [0.25, 0.3) is 0 Å². The third-order valence-corrected chi connectivity index (χ3v) is 3.41. The van der Waals surface area contributed by atoms with Gasteiger partial charge in [0.15, 0.2) is 0 Å². The van der Waals surface area contributed by atoms with E-state index in [1.54, 1.807) is 6.07 Å². The third-order valence-electron chi connectivity index (χ3n) is 3.41. The molecule has 1 aromatic carbocycles. The van der Waals surface area contributed by atoms with Crippen molar-refractivity contribution in [1.29, 1.82) is 0 Å². The summed E-state index contributed by atoms with van der Waals surface area (Å²) < 4.78 is 19.6. The van der Waals surface area contributed by atoms with Gasteiger partial charge in [0.2, 0.25) is 0 Å². The van der Waals surface area contributed by atoms with Crippen LogP contribution in [-0.2, 0) is 4.74 Å². The first-order valence-corrected chi connectivity index (χ1v) is 6.45. The fourth-order valence-electron chi connectivity index (χ4n) is 2.31. The van der Waals surface area contributed by atoms with Crippen LogP contribution in [0.15, 0.2) is 18.2 Å². The fraction of sp³-hybridized carbons (Fsp3) is 0.571. The molecule has 1 heterocycles. The third kappa shape index (κ3) is 3.00. The van der Waals surface area contributed by atoms with Crippen LogP contribution in [0.25, 0.3) is 0 Å². The fourth-order valence-corrected chi connectivity index (χ4v) is 2.31. The second-order valence-electron chi connectivity index (χ2n) is 5.02. The van der Waals surface area contributed by atoms with Crippen molar-refractivity contribution >= 4 is 5.69 Å². The molecule has 0 saturated carbocycles. The Bertz CT molecular complexity index is 403. The summed E-state index contributed by atoms with van der Waals surface area (Å²) in [5, 5.41) is 0. The maximum Gasteiger partial charge on any atom is 0.146 e. The molecular weight excluding hydrogens is 231 g/mol. The molecular formula is C14H21FN2O. The summed E-state index contributed by atoms with van der Waals surface area (Å²) in [5.41, 5.74) is 7.17. The van der Waals surface area contributed by atoms with Gasteiger partial charge in [-0.3, -0.25) is 0 Å². The molecule has 0 radical (unpaired) electrons. The van der Waals surface area contributed by atoms with Gasteiger partial charge in [0.05, 0.1) is 11.8 Å². The molecule has 1 fully saturated rings. The monoisotopic (exact) mass is 252 g/mol. The van der Waals surface area contributed by atoms with E-state index in [4.69, 9.17) is 10.5 Å². The van der Waals surface area contributed by atoms with Gasteiger partial charge in [0, 0.05) is 26.2 Å².